The van der Waals surface area contributed by atoms with Crippen LogP contribution in [-0.4, -0.2) is 52.8 Å². The standard InChI is InChI=1S/C21H29FN2O3/c1-5-23(6-2)11-12-24-19(15-9-7-8-10-16(15)22)18(20(26)21(24)27)17(25)13-14(3)4/h7-10,14,19,26H,5-6,11-13H2,1-4H3. The first-order valence-electron chi connectivity index (χ1n) is 9.55. The van der Waals surface area contributed by atoms with E-state index in [1.54, 1.807) is 18.2 Å². The van der Waals surface area contributed by atoms with Gasteiger partial charge in [-0.05, 0) is 25.1 Å². The first-order chi connectivity index (χ1) is 12.8. The van der Waals surface area contributed by atoms with Gasteiger partial charge in [-0.3, -0.25) is 9.59 Å². The summed E-state index contributed by atoms with van der Waals surface area (Å²) in [6.45, 7) is 10.4. The second-order valence-corrected chi connectivity index (χ2v) is 7.23. The van der Waals surface area contributed by atoms with Gasteiger partial charge in [0.25, 0.3) is 5.91 Å². The summed E-state index contributed by atoms with van der Waals surface area (Å²) in [6, 6.07) is 5.22. The van der Waals surface area contributed by atoms with Crippen LogP contribution in [0.25, 0.3) is 0 Å². The van der Waals surface area contributed by atoms with Gasteiger partial charge in [-0.15, -0.1) is 0 Å². The minimum absolute atomic E-state index is 0.0124. The Labute approximate surface area is 160 Å². The largest absolute Gasteiger partial charge is 0.503 e. The molecular formula is C21H29FN2O3. The summed E-state index contributed by atoms with van der Waals surface area (Å²) in [4.78, 5) is 29.0. The average Bonchev–Trinajstić information content (AvgIpc) is 2.87. The zero-order valence-electron chi connectivity index (χ0n) is 16.5. The van der Waals surface area contributed by atoms with Crippen LogP contribution in [0.5, 0.6) is 0 Å². The van der Waals surface area contributed by atoms with Crippen molar-refractivity contribution in [2.75, 3.05) is 26.2 Å². The summed E-state index contributed by atoms with van der Waals surface area (Å²) < 4.78 is 14.5. The highest BCUT2D eigenvalue weighted by atomic mass is 19.1. The summed E-state index contributed by atoms with van der Waals surface area (Å²) in [5.74, 6) is -1.89. The molecule has 0 spiro atoms. The molecule has 0 bridgehead atoms. The first kappa shape index (κ1) is 21.1. The van der Waals surface area contributed by atoms with E-state index in [-0.39, 0.29) is 29.3 Å². The predicted octanol–water partition coefficient (Wildman–Crippen LogP) is 3.48. The lowest BCUT2D eigenvalue weighted by Crippen LogP contribution is -2.39. The van der Waals surface area contributed by atoms with E-state index in [4.69, 9.17) is 0 Å². The number of aliphatic hydroxyl groups excluding tert-OH is 1. The van der Waals surface area contributed by atoms with E-state index in [0.717, 1.165) is 13.1 Å². The highest BCUT2D eigenvalue weighted by Gasteiger charge is 2.44. The average molecular weight is 376 g/mol. The van der Waals surface area contributed by atoms with Crippen LogP contribution in [-0.2, 0) is 9.59 Å². The Morgan fingerprint density at radius 2 is 1.89 bits per heavy atom. The van der Waals surface area contributed by atoms with Crippen LogP contribution >= 0.6 is 0 Å². The maximum absolute atomic E-state index is 14.5. The van der Waals surface area contributed by atoms with E-state index in [1.807, 2.05) is 27.7 Å². The number of hydrogen-bond donors (Lipinski definition) is 1. The summed E-state index contributed by atoms with van der Waals surface area (Å²) in [6.07, 6.45) is 0.196. The van der Waals surface area contributed by atoms with Crippen molar-refractivity contribution in [2.45, 2.75) is 40.2 Å². The molecule has 1 unspecified atom stereocenters. The molecule has 0 saturated heterocycles. The SMILES string of the molecule is CCN(CC)CCN1C(=O)C(O)=C(C(=O)CC(C)C)C1c1ccccc1F. The minimum atomic E-state index is -0.888. The van der Waals surface area contributed by atoms with E-state index in [1.165, 1.54) is 11.0 Å². The minimum Gasteiger partial charge on any atom is -0.503 e. The maximum atomic E-state index is 14.5. The van der Waals surface area contributed by atoms with Crippen LogP contribution in [0.3, 0.4) is 0 Å². The van der Waals surface area contributed by atoms with Gasteiger partial charge in [-0.2, -0.15) is 0 Å². The Morgan fingerprint density at radius 1 is 1.26 bits per heavy atom. The third kappa shape index (κ3) is 4.56. The van der Waals surface area contributed by atoms with Gasteiger partial charge in [-0.25, -0.2) is 4.39 Å². The molecule has 2 rings (SSSR count). The smallest absolute Gasteiger partial charge is 0.290 e. The van der Waals surface area contributed by atoms with Crippen LogP contribution in [0.4, 0.5) is 4.39 Å². The van der Waals surface area contributed by atoms with Crippen molar-refractivity contribution in [3.05, 3.63) is 47.0 Å². The molecule has 1 aliphatic rings. The topological polar surface area (TPSA) is 60.9 Å². The van der Waals surface area contributed by atoms with Gasteiger partial charge in [0.15, 0.2) is 11.5 Å². The Kier molecular flexibility index (Phi) is 7.13. The third-order valence-corrected chi connectivity index (χ3v) is 4.95. The Balaban J connectivity index is 2.43. The molecule has 27 heavy (non-hydrogen) atoms. The molecule has 0 aliphatic carbocycles. The lowest BCUT2D eigenvalue weighted by molar-refractivity contribution is -0.129. The number of likely N-dealkylation sites (N-methyl/N-ethyl adjacent to an activating group) is 1. The van der Waals surface area contributed by atoms with Crippen molar-refractivity contribution in [3.8, 4) is 0 Å². The molecule has 1 aromatic rings. The quantitative estimate of drug-likeness (QED) is 0.717. The number of ketones is 1. The fraction of sp³-hybridized carbons (Fsp3) is 0.524. The van der Waals surface area contributed by atoms with Crippen LogP contribution in [0.2, 0.25) is 0 Å². The lowest BCUT2D eigenvalue weighted by Gasteiger charge is -2.29. The number of nitrogens with zero attached hydrogens (tertiary/aromatic N) is 2. The van der Waals surface area contributed by atoms with Gasteiger partial charge in [-0.1, -0.05) is 45.9 Å². The molecule has 148 valence electrons. The van der Waals surface area contributed by atoms with Crippen molar-refractivity contribution in [3.63, 3.8) is 0 Å². The zero-order chi connectivity index (χ0) is 20.1. The number of Topliss-reactive ketones (excluding diaryl/α,β-unsaturated/α-hetero) is 1. The molecule has 6 heteroatoms. The fourth-order valence-corrected chi connectivity index (χ4v) is 3.46. The van der Waals surface area contributed by atoms with E-state index < -0.39 is 23.5 Å². The van der Waals surface area contributed by atoms with Gasteiger partial charge in [0, 0.05) is 25.1 Å². The Morgan fingerprint density at radius 3 is 2.44 bits per heavy atom. The number of aliphatic hydroxyl groups is 1. The molecule has 0 fully saturated rings. The summed E-state index contributed by atoms with van der Waals surface area (Å²) >= 11 is 0. The van der Waals surface area contributed by atoms with Crippen molar-refractivity contribution in [1.29, 1.82) is 0 Å². The number of amides is 1. The van der Waals surface area contributed by atoms with E-state index in [2.05, 4.69) is 4.90 Å². The highest BCUT2D eigenvalue weighted by Crippen LogP contribution is 2.39. The molecular weight excluding hydrogens is 347 g/mol. The van der Waals surface area contributed by atoms with Crippen molar-refractivity contribution in [2.24, 2.45) is 5.92 Å². The molecule has 1 heterocycles. The molecule has 1 aromatic carbocycles. The van der Waals surface area contributed by atoms with Gasteiger partial charge >= 0.3 is 0 Å². The summed E-state index contributed by atoms with van der Waals surface area (Å²) in [5, 5.41) is 10.4. The van der Waals surface area contributed by atoms with E-state index >= 15 is 0 Å². The monoisotopic (exact) mass is 376 g/mol. The van der Waals surface area contributed by atoms with Crippen molar-refractivity contribution >= 4 is 11.7 Å². The van der Waals surface area contributed by atoms with Gasteiger partial charge in [0.1, 0.15) is 5.82 Å². The zero-order valence-corrected chi connectivity index (χ0v) is 16.5. The van der Waals surface area contributed by atoms with Crippen molar-refractivity contribution in [1.82, 2.24) is 9.80 Å². The van der Waals surface area contributed by atoms with Gasteiger partial charge in [0.05, 0.1) is 11.6 Å². The molecule has 5 nitrogen and oxygen atoms in total. The van der Waals surface area contributed by atoms with E-state index in [0.29, 0.717) is 13.1 Å². The number of halogens is 1. The maximum Gasteiger partial charge on any atom is 0.290 e. The Hall–Kier alpha value is -2.21. The Bertz CT molecular complexity index is 726. The number of hydrogen-bond acceptors (Lipinski definition) is 4. The van der Waals surface area contributed by atoms with Crippen LogP contribution in [0.15, 0.2) is 35.6 Å². The second-order valence-electron chi connectivity index (χ2n) is 7.23. The van der Waals surface area contributed by atoms with Gasteiger partial charge < -0.3 is 14.9 Å². The highest BCUT2D eigenvalue weighted by molar-refractivity contribution is 6.09. The number of carbonyl (C=O) groups excluding carboxylic acids is 2. The van der Waals surface area contributed by atoms with E-state index in [9.17, 15) is 19.1 Å². The van der Waals surface area contributed by atoms with Crippen LogP contribution in [0.1, 0.15) is 45.7 Å². The predicted molar refractivity (Wildman–Crippen MR) is 103 cm³/mol. The fourth-order valence-electron chi connectivity index (χ4n) is 3.46. The molecule has 0 saturated carbocycles. The summed E-state index contributed by atoms with van der Waals surface area (Å²) in [5.41, 5.74) is 0.250. The molecule has 1 atom stereocenters. The molecule has 1 aliphatic heterocycles. The van der Waals surface area contributed by atoms with Crippen molar-refractivity contribution < 1.29 is 19.1 Å². The van der Waals surface area contributed by atoms with Crippen LogP contribution in [0, 0.1) is 11.7 Å². The molecule has 1 amide bonds. The first-order valence-corrected chi connectivity index (χ1v) is 9.55. The van der Waals surface area contributed by atoms with Crippen LogP contribution < -0.4 is 0 Å². The molecule has 0 aromatic heterocycles. The van der Waals surface area contributed by atoms with Gasteiger partial charge in [0.2, 0.25) is 0 Å². The lowest BCUT2D eigenvalue weighted by atomic mass is 9.92. The second kappa shape index (κ2) is 9.13. The normalized spacial score (nSPS) is 17.5. The number of carbonyl (C=O) groups is 2. The summed E-state index contributed by atoms with van der Waals surface area (Å²) in [7, 11) is 0. The third-order valence-electron chi connectivity index (χ3n) is 4.95. The number of rotatable bonds is 9. The molecule has 1 N–H and O–H groups in total. The molecule has 0 radical (unpaired) electrons. The number of benzene rings is 1.